The zero-order chi connectivity index (χ0) is 26.4. The quantitative estimate of drug-likeness (QED) is 0.597. The lowest BCUT2D eigenvalue weighted by Gasteiger charge is -2.35. The first-order chi connectivity index (χ1) is 17.7. The number of fused-ring (bicyclic) bond motifs is 1. The number of aliphatic imine (C=N–C) groups is 1. The molecule has 5 rings (SSSR count). The van der Waals surface area contributed by atoms with E-state index >= 15 is 4.39 Å². The minimum Gasteiger partial charge on any atom is -0.378 e. The summed E-state index contributed by atoms with van der Waals surface area (Å²) in [7, 11) is 0. The summed E-state index contributed by atoms with van der Waals surface area (Å²) in [5, 5.41) is 2.95. The average molecular weight is 523 g/mol. The number of hydrogen-bond donors (Lipinski definition) is 2. The Morgan fingerprint density at radius 3 is 2.89 bits per heavy atom. The molecule has 37 heavy (non-hydrogen) atoms. The summed E-state index contributed by atoms with van der Waals surface area (Å²) >= 11 is 1.20. The molecule has 2 fully saturated rings. The van der Waals surface area contributed by atoms with Gasteiger partial charge in [0.15, 0.2) is 5.17 Å². The zero-order valence-corrected chi connectivity index (χ0v) is 20.8. The van der Waals surface area contributed by atoms with Crippen molar-refractivity contribution in [3.8, 4) is 0 Å². The molecule has 0 unspecified atom stereocenters. The fourth-order valence-electron chi connectivity index (χ4n) is 5.13. The van der Waals surface area contributed by atoms with Crippen molar-refractivity contribution in [3.63, 3.8) is 0 Å². The standard InChI is InChI=1S/C26H24F2N6O2S/c1-25(17-11-15(3-5-18(17)27)12-19(28)20-6-4-16(30-2)14-32-20)21-13-26(21,37-24(29)33-25)23(36)34-9-7-22(35)31-8-10-34/h3-6,11-12,14,21H,7-10,13H2,1H3,(H2,29,33)(H,31,35)/b19-12-/t21-,25+,26-/m0/s1. The lowest BCUT2D eigenvalue weighted by Crippen LogP contribution is -2.47. The van der Waals surface area contributed by atoms with Gasteiger partial charge >= 0.3 is 0 Å². The fraction of sp³-hybridized carbons (Fsp3) is 0.346. The molecule has 3 heterocycles. The molecule has 1 aliphatic carbocycles. The summed E-state index contributed by atoms with van der Waals surface area (Å²) in [6, 6.07) is 7.10. The summed E-state index contributed by atoms with van der Waals surface area (Å²) in [5.74, 6) is -1.71. The number of nitrogens with one attached hydrogen (secondary N) is 1. The van der Waals surface area contributed by atoms with Crippen LogP contribution < -0.4 is 11.1 Å². The van der Waals surface area contributed by atoms with Crippen molar-refractivity contribution in [1.29, 1.82) is 0 Å². The number of rotatable bonds is 4. The maximum atomic E-state index is 15.2. The Hall–Kier alpha value is -3.78. The van der Waals surface area contributed by atoms with E-state index in [4.69, 9.17) is 12.3 Å². The summed E-state index contributed by atoms with van der Waals surface area (Å²) in [6.45, 7) is 9.82. The minimum absolute atomic E-state index is 0.0537. The van der Waals surface area contributed by atoms with E-state index in [0.29, 0.717) is 37.3 Å². The van der Waals surface area contributed by atoms with E-state index in [1.165, 1.54) is 54.4 Å². The lowest BCUT2D eigenvalue weighted by atomic mass is 9.84. The highest BCUT2D eigenvalue weighted by atomic mass is 32.2. The molecular formula is C26H24F2N6O2S. The van der Waals surface area contributed by atoms with Crippen molar-refractivity contribution in [2.45, 2.75) is 30.1 Å². The van der Waals surface area contributed by atoms with Crippen LogP contribution in [-0.4, -0.2) is 51.2 Å². The Balaban J connectivity index is 1.46. The van der Waals surface area contributed by atoms with Crippen LogP contribution in [0.25, 0.3) is 16.7 Å². The molecule has 8 nitrogen and oxygen atoms in total. The molecule has 1 saturated carbocycles. The number of benzene rings is 1. The van der Waals surface area contributed by atoms with Gasteiger partial charge in [-0.2, -0.15) is 0 Å². The van der Waals surface area contributed by atoms with Crippen molar-refractivity contribution in [2.75, 3.05) is 19.6 Å². The molecule has 1 aromatic carbocycles. The molecule has 3 aliphatic rings. The van der Waals surface area contributed by atoms with Crippen LogP contribution >= 0.6 is 11.8 Å². The molecule has 0 bridgehead atoms. The number of amides is 2. The number of nitrogens with two attached hydrogens (primary N) is 1. The van der Waals surface area contributed by atoms with Gasteiger partial charge in [-0.05, 0) is 43.2 Å². The number of halogens is 2. The van der Waals surface area contributed by atoms with Crippen LogP contribution in [0.3, 0.4) is 0 Å². The van der Waals surface area contributed by atoms with Gasteiger partial charge in [-0.1, -0.05) is 23.9 Å². The Bertz CT molecular complexity index is 1390. The van der Waals surface area contributed by atoms with Crippen LogP contribution in [0, 0.1) is 18.3 Å². The Morgan fingerprint density at radius 1 is 1.35 bits per heavy atom. The number of thioether (sulfide) groups is 1. The second-order valence-electron chi connectivity index (χ2n) is 9.48. The van der Waals surface area contributed by atoms with E-state index < -0.39 is 21.9 Å². The smallest absolute Gasteiger partial charge is 0.239 e. The van der Waals surface area contributed by atoms with Crippen molar-refractivity contribution in [2.24, 2.45) is 16.6 Å². The fourth-order valence-corrected chi connectivity index (χ4v) is 6.57. The first kappa shape index (κ1) is 24.9. The van der Waals surface area contributed by atoms with Gasteiger partial charge in [-0.25, -0.2) is 13.6 Å². The van der Waals surface area contributed by atoms with E-state index in [0.717, 1.165) is 0 Å². The molecule has 0 spiro atoms. The first-order valence-corrected chi connectivity index (χ1v) is 12.6. The van der Waals surface area contributed by atoms with Crippen LogP contribution in [0.2, 0.25) is 0 Å². The number of carbonyl (C=O) groups excluding carboxylic acids is 2. The molecule has 0 radical (unpaired) electrons. The van der Waals surface area contributed by atoms with E-state index in [1.807, 2.05) is 0 Å². The maximum Gasteiger partial charge on any atom is 0.239 e. The monoisotopic (exact) mass is 522 g/mol. The third kappa shape index (κ3) is 4.46. The Morgan fingerprint density at radius 2 is 2.16 bits per heavy atom. The molecule has 3 atom stereocenters. The average Bonchev–Trinajstić information content (AvgIpc) is 3.66. The number of aromatic nitrogens is 1. The lowest BCUT2D eigenvalue weighted by molar-refractivity contribution is -0.131. The largest absolute Gasteiger partial charge is 0.378 e. The van der Waals surface area contributed by atoms with Gasteiger partial charge in [0.05, 0.1) is 17.8 Å². The number of carbonyl (C=O) groups is 2. The summed E-state index contributed by atoms with van der Waals surface area (Å²) in [5.41, 5.74) is 6.03. The topological polar surface area (TPSA) is 105 Å². The SMILES string of the molecule is [C-]#[N+]c1ccc(/C(F)=C/c2ccc(F)c([C@@]3(C)N=C(N)S[C@@]4(C(=O)N5CCNC(=O)CC5)C[C@H]43)c2)nc1. The maximum absolute atomic E-state index is 15.2. The Labute approximate surface area is 216 Å². The van der Waals surface area contributed by atoms with Gasteiger partial charge in [0.25, 0.3) is 0 Å². The second-order valence-corrected chi connectivity index (χ2v) is 10.8. The molecule has 190 valence electrons. The predicted octanol–water partition coefficient (Wildman–Crippen LogP) is 3.62. The van der Waals surface area contributed by atoms with Crippen LogP contribution in [0.5, 0.6) is 0 Å². The predicted molar refractivity (Wildman–Crippen MR) is 137 cm³/mol. The van der Waals surface area contributed by atoms with Crippen molar-refractivity contribution < 1.29 is 18.4 Å². The van der Waals surface area contributed by atoms with Gasteiger partial charge in [-0.3, -0.25) is 19.6 Å². The van der Waals surface area contributed by atoms with Gasteiger partial charge in [0.1, 0.15) is 16.4 Å². The third-order valence-electron chi connectivity index (χ3n) is 7.13. The van der Waals surface area contributed by atoms with Crippen molar-refractivity contribution in [3.05, 3.63) is 70.6 Å². The first-order valence-electron chi connectivity index (χ1n) is 11.8. The molecule has 11 heteroatoms. The molecule has 1 aromatic heterocycles. The molecule has 3 N–H and O–H groups in total. The van der Waals surface area contributed by atoms with Gasteiger partial charge in [-0.15, -0.1) is 0 Å². The van der Waals surface area contributed by atoms with E-state index in [9.17, 15) is 14.0 Å². The number of nitrogens with zero attached hydrogens (tertiary/aromatic N) is 4. The van der Waals surface area contributed by atoms with E-state index in [1.54, 1.807) is 11.8 Å². The van der Waals surface area contributed by atoms with Crippen LogP contribution in [-0.2, 0) is 15.1 Å². The minimum atomic E-state index is -1.13. The van der Waals surface area contributed by atoms with Gasteiger partial charge in [0, 0.05) is 43.7 Å². The normalized spacial score (nSPS) is 27.4. The number of hydrogen-bond acceptors (Lipinski definition) is 6. The third-order valence-corrected chi connectivity index (χ3v) is 8.42. The van der Waals surface area contributed by atoms with E-state index in [-0.39, 0.29) is 40.6 Å². The second kappa shape index (κ2) is 9.27. The highest BCUT2D eigenvalue weighted by Crippen LogP contribution is 2.66. The number of pyridine rings is 1. The molecule has 2 aromatic rings. The van der Waals surface area contributed by atoms with Crippen LogP contribution in [0.1, 0.15) is 36.6 Å². The highest BCUT2D eigenvalue weighted by Gasteiger charge is 2.71. The zero-order valence-electron chi connectivity index (χ0n) is 20.0. The van der Waals surface area contributed by atoms with Crippen molar-refractivity contribution >= 4 is 46.3 Å². The summed E-state index contributed by atoms with van der Waals surface area (Å²) in [4.78, 5) is 38.8. The summed E-state index contributed by atoms with van der Waals surface area (Å²) < 4.78 is 29.2. The van der Waals surface area contributed by atoms with Crippen LogP contribution in [0.4, 0.5) is 14.5 Å². The van der Waals surface area contributed by atoms with Gasteiger partial charge in [0.2, 0.25) is 17.5 Å². The number of amidine groups is 1. The molecule has 2 amide bonds. The molecular weight excluding hydrogens is 498 g/mol. The van der Waals surface area contributed by atoms with Crippen molar-refractivity contribution in [1.82, 2.24) is 15.2 Å². The Kier molecular flexibility index (Phi) is 6.23. The van der Waals surface area contributed by atoms with Gasteiger partial charge < -0.3 is 16.0 Å². The summed E-state index contributed by atoms with van der Waals surface area (Å²) in [6.07, 6.45) is 3.20. The highest BCUT2D eigenvalue weighted by molar-refractivity contribution is 8.15. The molecule has 1 saturated heterocycles. The van der Waals surface area contributed by atoms with Crippen LogP contribution in [0.15, 0.2) is 41.5 Å². The molecule has 2 aliphatic heterocycles. The van der Waals surface area contributed by atoms with E-state index in [2.05, 4.69) is 20.1 Å².